The predicted octanol–water partition coefficient (Wildman–Crippen LogP) is 7.83. The van der Waals surface area contributed by atoms with Gasteiger partial charge in [0.15, 0.2) is 11.6 Å². The summed E-state index contributed by atoms with van der Waals surface area (Å²) in [6.07, 6.45) is 5.77. The molecule has 0 saturated heterocycles. The van der Waals surface area contributed by atoms with E-state index < -0.39 is 11.6 Å². The topological polar surface area (TPSA) is 0 Å². The van der Waals surface area contributed by atoms with Gasteiger partial charge in [0, 0.05) is 22.1 Å². The molecule has 0 aromatic heterocycles. The van der Waals surface area contributed by atoms with Crippen LogP contribution in [0, 0.1) is 29.3 Å². The number of benzene rings is 4. The van der Waals surface area contributed by atoms with Crippen molar-refractivity contribution < 1.29 is 13.2 Å². The molecule has 0 amide bonds. The van der Waals surface area contributed by atoms with Crippen LogP contribution in [-0.4, -0.2) is 0 Å². The Morgan fingerprint density at radius 2 is 1.50 bits per heavy atom. The molecule has 3 heteroatoms. The number of aryl methyl sites for hydroxylation is 1. The third-order valence-corrected chi connectivity index (χ3v) is 5.32. The zero-order valence-electron chi connectivity index (χ0n) is 17.6. The lowest BCUT2D eigenvalue weighted by molar-refractivity contribution is 0.517. The predicted molar refractivity (Wildman–Crippen MR) is 125 cm³/mol. The Kier molecular flexibility index (Phi) is 6.42. The van der Waals surface area contributed by atoms with Gasteiger partial charge in [0.05, 0.1) is 0 Å². The normalized spacial score (nSPS) is 11.0. The first-order valence-corrected chi connectivity index (χ1v) is 10.4. The average molecular weight is 426 g/mol. The molecule has 4 aromatic carbocycles. The molecule has 158 valence electrons. The van der Waals surface area contributed by atoms with Crippen LogP contribution in [-0.2, 0) is 6.42 Å². The van der Waals surface area contributed by atoms with E-state index in [-0.39, 0.29) is 11.2 Å². The van der Waals surface area contributed by atoms with Gasteiger partial charge in [-0.3, -0.25) is 0 Å². The van der Waals surface area contributed by atoms with Crippen molar-refractivity contribution in [1.29, 1.82) is 0 Å². The minimum atomic E-state index is -0.865. The maximum atomic E-state index is 14.6. The van der Waals surface area contributed by atoms with Gasteiger partial charge in [0.25, 0.3) is 0 Å². The van der Waals surface area contributed by atoms with Crippen molar-refractivity contribution in [1.82, 2.24) is 0 Å². The van der Waals surface area contributed by atoms with Crippen molar-refractivity contribution in [2.24, 2.45) is 0 Å². The number of fused-ring (bicyclic) bond motifs is 1. The van der Waals surface area contributed by atoms with Crippen LogP contribution < -0.4 is 0 Å². The fourth-order valence-electron chi connectivity index (χ4n) is 3.59. The molecule has 0 saturated carbocycles. The first-order valence-electron chi connectivity index (χ1n) is 10.4. The van der Waals surface area contributed by atoms with E-state index in [1.54, 1.807) is 18.2 Å². The Labute approximate surface area is 186 Å². The van der Waals surface area contributed by atoms with Gasteiger partial charge in [-0.15, -0.1) is 0 Å². The van der Waals surface area contributed by atoms with Crippen LogP contribution >= 0.6 is 0 Å². The highest BCUT2D eigenvalue weighted by molar-refractivity contribution is 5.84. The molecule has 0 fully saturated rings. The zero-order chi connectivity index (χ0) is 22.5. The maximum Gasteiger partial charge on any atom is 0.166 e. The Balaban J connectivity index is 1.52. The molecule has 0 unspecified atom stereocenters. The minimum Gasteiger partial charge on any atom is -0.206 e. The van der Waals surface area contributed by atoms with Crippen molar-refractivity contribution in [3.8, 4) is 23.0 Å². The van der Waals surface area contributed by atoms with Gasteiger partial charge in [-0.2, -0.15) is 0 Å². The van der Waals surface area contributed by atoms with Crippen LogP contribution in [0.5, 0.6) is 0 Å². The van der Waals surface area contributed by atoms with Crippen molar-refractivity contribution in [2.75, 3.05) is 0 Å². The smallest absolute Gasteiger partial charge is 0.166 e. The first-order chi connectivity index (χ1) is 15.5. The highest BCUT2D eigenvalue weighted by atomic mass is 19.2. The lowest BCUT2D eigenvalue weighted by atomic mass is 10.00. The summed E-state index contributed by atoms with van der Waals surface area (Å²) in [6, 6.07) is 20.3. The highest BCUT2D eigenvalue weighted by Gasteiger charge is 2.07. The second-order valence-corrected chi connectivity index (χ2v) is 7.55. The average Bonchev–Trinajstić information content (AvgIpc) is 2.81. The van der Waals surface area contributed by atoms with Crippen LogP contribution in [0.25, 0.3) is 21.9 Å². The van der Waals surface area contributed by atoms with E-state index >= 15 is 0 Å². The summed E-state index contributed by atoms with van der Waals surface area (Å²) in [4.78, 5) is 0. The largest absolute Gasteiger partial charge is 0.206 e. The number of halogens is 3. The Morgan fingerprint density at radius 3 is 2.25 bits per heavy atom. The maximum absolute atomic E-state index is 14.6. The van der Waals surface area contributed by atoms with Gasteiger partial charge in [-0.05, 0) is 72.7 Å². The van der Waals surface area contributed by atoms with Gasteiger partial charge in [0.2, 0.25) is 0 Å². The standard InChI is InChI=1S/C29H21F3/c1-2-3-4-5-21-10-15-25(28(31)19-21)23-12-8-20(9-13-23)6-7-22-11-16-26-24(18-22)14-17-27(30)29(26)32/h2-3,8-19H,4-5H2,1H3/b3-2+. The second kappa shape index (κ2) is 9.58. The molecule has 0 aliphatic rings. The third kappa shape index (κ3) is 4.76. The molecule has 0 bridgehead atoms. The number of hydrogen-bond acceptors (Lipinski definition) is 0. The Morgan fingerprint density at radius 1 is 0.750 bits per heavy atom. The zero-order valence-corrected chi connectivity index (χ0v) is 17.6. The van der Waals surface area contributed by atoms with Gasteiger partial charge in [-0.25, -0.2) is 13.2 Å². The summed E-state index contributed by atoms with van der Waals surface area (Å²) in [7, 11) is 0. The number of hydrogen-bond donors (Lipinski definition) is 0. The fourth-order valence-corrected chi connectivity index (χ4v) is 3.59. The number of rotatable bonds is 4. The SMILES string of the molecule is C/C=C/CCc1ccc(-c2ccc(C#Cc3ccc4c(F)c(F)ccc4c3)cc2)c(F)c1. The van der Waals surface area contributed by atoms with E-state index in [2.05, 4.69) is 17.9 Å². The Bertz CT molecular complexity index is 1350. The monoisotopic (exact) mass is 426 g/mol. The Hall–Kier alpha value is -3.77. The van der Waals surface area contributed by atoms with Gasteiger partial charge >= 0.3 is 0 Å². The van der Waals surface area contributed by atoms with E-state index in [0.717, 1.165) is 35.6 Å². The van der Waals surface area contributed by atoms with Gasteiger partial charge in [0.1, 0.15) is 5.82 Å². The fraction of sp³-hybridized carbons (Fsp3) is 0.103. The molecule has 0 aliphatic heterocycles. The van der Waals surface area contributed by atoms with Crippen molar-refractivity contribution in [3.05, 3.63) is 119 Å². The van der Waals surface area contributed by atoms with Crippen molar-refractivity contribution in [3.63, 3.8) is 0 Å². The first kappa shape index (κ1) is 21.5. The molecule has 0 aliphatic carbocycles. The number of allylic oxidation sites excluding steroid dienone is 2. The van der Waals surface area contributed by atoms with E-state index in [1.165, 1.54) is 12.1 Å². The van der Waals surface area contributed by atoms with E-state index in [1.807, 2.05) is 49.4 Å². The van der Waals surface area contributed by atoms with Gasteiger partial charge < -0.3 is 0 Å². The molecule has 0 N–H and O–H groups in total. The summed E-state index contributed by atoms with van der Waals surface area (Å²) in [5, 5.41) is 0.825. The van der Waals surface area contributed by atoms with E-state index in [9.17, 15) is 13.2 Å². The van der Waals surface area contributed by atoms with Crippen LogP contribution in [0.3, 0.4) is 0 Å². The molecule has 0 nitrogen and oxygen atoms in total. The molecule has 32 heavy (non-hydrogen) atoms. The molecular formula is C29H21F3. The summed E-state index contributed by atoms with van der Waals surface area (Å²) < 4.78 is 41.8. The second-order valence-electron chi connectivity index (χ2n) is 7.55. The lowest BCUT2D eigenvalue weighted by Gasteiger charge is -2.06. The molecule has 0 atom stereocenters. The molecule has 0 heterocycles. The summed E-state index contributed by atoms with van der Waals surface area (Å²) in [5.41, 5.74) is 3.80. The van der Waals surface area contributed by atoms with Crippen molar-refractivity contribution >= 4 is 10.8 Å². The van der Waals surface area contributed by atoms with E-state index in [0.29, 0.717) is 16.5 Å². The summed E-state index contributed by atoms with van der Waals surface area (Å²) >= 11 is 0. The molecule has 4 aromatic rings. The summed E-state index contributed by atoms with van der Waals surface area (Å²) in [6.45, 7) is 1.98. The van der Waals surface area contributed by atoms with Crippen LogP contribution in [0.2, 0.25) is 0 Å². The van der Waals surface area contributed by atoms with Crippen LogP contribution in [0.1, 0.15) is 30.0 Å². The molecule has 0 radical (unpaired) electrons. The van der Waals surface area contributed by atoms with Gasteiger partial charge in [-0.1, -0.05) is 60.4 Å². The third-order valence-electron chi connectivity index (χ3n) is 5.32. The molecule has 0 spiro atoms. The minimum absolute atomic E-state index is 0.231. The summed E-state index contributed by atoms with van der Waals surface area (Å²) in [5.74, 6) is 4.16. The van der Waals surface area contributed by atoms with Crippen molar-refractivity contribution in [2.45, 2.75) is 19.8 Å². The molecular weight excluding hydrogens is 405 g/mol. The lowest BCUT2D eigenvalue weighted by Crippen LogP contribution is -1.90. The molecule has 4 rings (SSSR count). The highest BCUT2D eigenvalue weighted by Crippen LogP contribution is 2.25. The van der Waals surface area contributed by atoms with E-state index in [4.69, 9.17) is 0 Å². The van der Waals surface area contributed by atoms with Crippen LogP contribution in [0.15, 0.2) is 84.9 Å². The van der Waals surface area contributed by atoms with Crippen LogP contribution in [0.4, 0.5) is 13.2 Å². The quantitative estimate of drug-likeness (QED) is 0.230.